The minimum Gasteiger partial charge on any atom is -0.373 e. The molecule has 2 rings (SSSR count). The molecular formula is C14H25N5. The second kappa shape index (κ2) is 5.74. The first-order valence-electron chi connectivity index (χ1n) is 6.99. The van der Waals surface area contributed by atoms with E-state index in [1.165, 1.54) is 12.8 Å². The molecule has 19 heavy (non-hydrogen) atoms. The summed E-state index contributed by atoms with van der Waals surface area (Å²) < 4.78 is 0. The fraction of sp³-hybridized carbons (Fsp3) is 0.714. The van der Waals surface area contributed by atoms with Crippen LogP contribution in [0.1, 0.15) is 37.1 Å². The third-order valence-electron chi connectivity index (χ3n) is 3.79. The fourth-order valence-corrected chi connectivity index (χ4v) is 1.90. The molecule has 0 saturated heterocycles. The lowest BCUT2D eigenvalue weighted by Crippen LogP contribution is -2.32. The topological polar surface area (TPSA) is 53.1 Å². The van der Waals surface area contributed by atoms with Gasteiger partial charge in [0.2, 0.25) is 0 Å². The molecule has 5 heteroatoms. The molecule has 1 aliphatic carbocycles. The van der Waals surface area contributed by atoms with Crippen LogP contribution in [-0.4, -0.2) is 48.6 Å². The maximum Gasteiger partial charge on any atom is 0.136 e. The lowest BCUT2D eigenvalue weighted by atomic mass is 10.2. The predicted molar refractivity (Wildman–Crippen MR) is 79.9 cm³/mol. The Hall–Kier alpha value is -1.36. The Morgan fingerprint density at radius 3 is 2.42 bits per heavy atom. The molecule has 0 radical (unpaired) electrons. The van der Waals surface area contributed by atoms with Crippen molar-refractivity contribution in [2.75, 3.05) is 38.3 Å². The summed E-state index contributed by atoms with van der Waals surface area (Å²) in [6.45, 7) is 5.15. The molecule has 5 nitrogen and oxygen atoms in total. The van der Waals surface area contributed by atoms with E-state index in [0.29, 0.717) is 12.0 Å². The lowest BCUT2D eigenvalue weighted by molar-refractivity contribution is 0.326. The van der Waals surface area contributed by atoms with Crippen LogP contribution >= 0.6 is 0 Å². The minimum absolute atomic E-state index is 0.469. The van der Waals surface area contributed by atoms with Crippen molar-refractivity contribution in [3.8, 4) is 0 Å². The molecule has 1 aliphatic rings. The normalized spacial score (nSPS) is 16.5. The van der Waals surface area contributed by atoms with Crippen molar-refractivity contribution in [3.63, 3.8) is 0 Å². The number of anilines is 2. The standard InChI is InChI=1S/C14H25N5/c1-9(19(4)5)8-16-13-10(2)12(15-3)17-14(18-13)11-6-7-11/h9,11H,6-8H2,1-5H3,(H2,15,16,17,18). The molecule has 1 aromatic rings. The first kappa shape index (κ1) is 14.1. The summed E-state index contributed by atoms with van der Waals surface area (Å²) in [6.07, 6.45) is 2.44. The van der Waals surface area contributed by atoms with E-state index in [2.05, 4.69) is 48.5 Å². The van der Waals surface area contributed by atoms with E-state index in [1.807, 2.05) is 7.05 Å². The highest BCUT2D eigenvalue weighted by molar-refractivity contribution is 5.57. The summed E-state index contributed by atoms with van der Waals surface area (Å²) in [5, 5.41) is 6.63. The monoisotopic (exact) mass is 263 g/mol. The number of hydrogen-bond donors (Lipinski definition) is 2. The van der Waals surface area contributed by atoms with Crippen molar-refractivity contribution in [2.24, 2.45) is 0 Å². The second-order valence-corrected chi connectivity index (χ2v) is 5.62. The van der Waals surface area contributed by atoms with Crippen molar-refractivity contribution >= 4 is 11.6 Å². The molecule has 0 aromatic carbocycles. The first-order valence-corrected chi connectivity index (χ1v) is 6.99. The van der Waals surface area contributed by atoms with Gasteiger partial charge in [-0.1, -0.05) is 0 Å². The van der Waals surface area contributed by atoms with E-state index in [-0.39, 0.29) is 0 Å². The van der Waals surface area contributed by atoms with E-state index in [4.69, 9.17) is 4.98 Å². The number of hydrogen-bond acceptors (Lipinski definition) is 5. The van der Waals surface area contributed by atoms with Gasteiger partial charge in [-0.15, -0.1) is 0 Å². The van der Waals surface area contributed by atoms with Crippen LogP contribution in [0.2, 0.25) is 0 Å². The van der Waals surface area contributed by atoms with Gasteiger partial charge in [0.25, 0.3) is 0 Å². The van der Waals surface area contributed by atoms with Crippen molar-refractivity contribution in [2.45, 2.75) is 38.6 Å². The Bertz CT molecular complexity index is 440. The summed E-state index contributed by atoms with van der Waals surface area (Å²) in [5.41, 5.74) is 1.10. The summed E-state index contributed by atoms with van der Waals surface area (Å²) in [4.78, 5) is 11.5. The van der Waals surface area contributed by atoms with Gasteiger partial charge in [-0.25, -0.2) is 9.97 Å². The van der Waals surface area contributed by atoms with Crippen LogP contribution in [-0.2, 0) is 0 Å². The third kappa shape index (κ3) is 3.35. The van der Waals surface area contributed by atoms with Gasteiger partial charge in [0.15, 0.2) is 0 Å². The van der Waals surface area contributed by atoms with Gasteiger partial charge < -0.3 is 15.5 Å². The van der Waals surface area contributed by atoms with Gasteiger partial charge in [0.1, 0.15) is 17.5 Å². The van der Waals surface area contributed by atoms with E-state index in [9.17, 15) is 0 Å². The molecule has 0 aliphatic heterocycles. The van der Waals surface area contributed by atoms with Gasteiger partial charge in [-0.05, 0) is 40.8 Å². The van der Waals surface area contributed by atoms with E-state index in [0.717, 1.165) is 29.6 Å². The molecule has 1 heterocycles. The highest BCUT2D eigenvalue weighted by Gasteiger charge is 2.28. The minimum atomic E-state index is 0.469. The van der Waals surface area contributed by atoms with E-state index in [1.54, 1.807) is 0 Å². The van der Waals surface area contributed by atoms with Crippen LogP contribution in [0.4, 0.5) is 11.6 Å². The summed E-state index contributed by atoms with van der Waals surface area (Å²) in [5.74, 6) is 3.46. The molecule has 1 fully saturated rings. The maximum atomic E-state index is 4.69. The van der Waals surface area contributed by atoms with Crippen LogP contribution in [0.15, 0.2) is 0 Å². The molecule has 1 atom stereocenters. The summed E-state index contributed by atoms with van der Waals surface area (Å²) in [7, 11) is 6.10. The number of nitrogens with one attached hydrogen (secondary N) is 2. The molecular weight excluding hydrogens is 238 g/mol. The predicted octanol–water partition coefficient (Wildman–Crippen LogP) is 2.07. The zero-order valence-corrected chi connectivity index (χ0v) is 12.6. The Kier molecular flexibility index (Phi) is 4.24. The molecule has 106 valence electrons. The number of nitrogens with zero attached hydrogens (tertiary/aromatic N) is 3. The van der Waals surface area contributed by atoms with Crippen LogP contribution in [0.3, 0.4) is 0 Å². The van der Waals surface area contributed by atoms with E-state index >= 15 is 0 Å². The molecule has 1 saturated carbocycles. The molecule has 2 N–H and O–H groups in total. The van der Waals surface area contributed by atoms with Gasteiger partial charge in [0.05, 0.1) is 0 Å². The fourth-order valence-electron chi connectivity index (χ4n) is 1.90. The number of likely N-dealkylation sites (N-methyl/N-ethyl adjacent to an activating group) is 1. The van der Waals surface area contributed by atoms with Crippen LogP contribution < -0.4 is 10.6 Å². The molecule has 1 aromatic heterocycles. The SMILES string of the molecule is CNc1nc(C2CC2)nc(NCC(C)N(C)C)c1C. The van der Waals surface area contributed by atoms with Crippen molar-refractivity contribution in [3.05, 3.63) is 11.4 Å². The Morgan fingerprint density at radius 2 is 1.89 bits per heavy atom. The number of aromatic nitrogens is 2. The Balaban J connectivity index is 2.15. The zero-order chi connectivity index (χ0) is 14.0. The number of rotatable bonds is 6. The van der Waals surface area contributed by atoms with E-state index < -0.39 is 0 Å². The average Bonchev–Trinajstić information content (AvgIpc) is 3.21. The van der Waals surface area contributed by atoms with Crippen molar-refractivity contribution < 1.29 is 0 Å². The van der Waals surface area contributed by atoms with Crippen LogP contribution in [0.25, 0.3) is 0 Å². The smallest absolute Gasteiger partial charge is 0.136 e. The molecule has 1 unspecified atom stereocenters. The van der Waals surface area contributed by atoms with Gasteiger partial charge in [-0.3, -0.25) is 0 Å². The first-order chi connectivity index (χ1) is 9.02. The van der Waals surface area contributed by atoms with Crippen LogP contribution in [0.5, 0.6) is 0 Å². The molecule has 0 bridgehead atoms. The molecule has 0 spiro atoms. The van der Waals surface area contributed by atoms with Gasteiger partial charge >= 0.3 is 0 Å². The lowest BCUT2D eigenvalue weighted by Gasteiger charge is -2.21. The van der Waals surface area contributed by atoms with Gasteiger partial charge in [-0.2, -0.15) is 0 Å². The highest BCUT2D eigenvalue weighted by Crippen LogP contribution is 2.39. The largest absolute Gasteiger partial charge is 0.373 e. The molecule has 0 amide bonds. The average molecular weight is 263 g/mol. The Morgan fingerprint density at radius 1 is 1.26 bits per heavy atom. The third-order valence-corrected chi connectivity index (χ3v) is 3.79. The van der Waals surface area contributed by atoms with Crippen LogP contribution in [0, 0.1) is 6.92 Å². The summed E-state index contributed by atoms with van der Waals surface area (Å²) in [6, 6.07) is 0.469. The second-order valence-electron chi connectivity index (χ2n) is 5.62. The Labute approximate surface area is 115 Å². The quantitative estimate of drug-likeness (QED) is 0.823. The zero-order valence-electron chi connectivity index (χ0n) is 12.6. The van der Waals surface area contributed by atoms with Crippen molar-refractivity contribution in [1.82, 2.24) is 14.9 Å². The van der Waals surface area contributed by atoms with Gasteiger partial charge in [0, 0.05) is 31.1 Å². The highest BCUT2D eigenvalue weighted by atomic mass is 15.1. The van der Waals surface area contributed by atoms with Crippen molar-refractivity contribution in [1.29, 1.82) is 0 Å². The summed E-state index contributed by atoms with van der Waals surface area (Å²) >= 11 is 0. The maximum absolute atomic E-state index is 4.69.